The summed E-state index contributed by atoms with van der Waals surface area (Å²) >= 11 is 0. The second kappa shape index (κ2) is 14.2. The molecule has 0 heterocycles. The fourth-order valence-electron chi connectivity index (χ4n) is 1.07. The van der Waals surface area contributed by atoms with Crippen LogP contribution in [-0.4, -0.2) is 71.3 Å². The van der Waals surface area contributed by atoms with Crippen molar-refractivity contribution in [3.63, 3.8) is 0 Å². The van der Waals surface area contributed by atoms with Crippen molar-refractivity contribution in [2.24, 2.45) is 0 Å². The second-order valence-electron chi connectivity index (χ2n) is 4.50. The van der Waals surface area contributed by atoms with E-state index >= 15 is 0 Å². The number of benzene rings is 1. The van der Waals surface area contributed by atoms with E-state index in [-0.39, 0.29) is 23.8 Å². The zero-order valence-corrected chi connectivity index (χ0v) is 15.2. The summed E-state index contributed by atoms with van der Waals surface area (Å²) in [4.78, 5) is 20.0. The maximum atomic E-state index is 11.1. The van der Waals surface area contributed by atoms with Crippen LogP contribution in [0.4, 0.5) is 57.5 Å². The number of halogens is 12. The maximum absolute atomic E-state index is 11.1. The normalized spacial score (nSPS) is 11.2. The summed E-state index contributed by atoms with van der Waals surface area (Å²) in [5, 5.41) is 19.2. The Kier molecular flexibility index (Phi) is 16.6. The molecular formula is C8H8B3F12LiNO6S-3. The number of nitro benzene ring substituents is 1. The number of hydrogen-bond donors (Lipinski definition) is 1. The quantitative estimate of drug-likeness (QED) is 0.283. The molecule has 24 heteroatoms. The molecular weight excluding hydrogens is 506 g/mol. The molecule has 0 atom stereocenters. The average molecular weight is 514 g/mol. The molecule has 0 saturated heterocycles. The summed E-state index contributed by atoms with van der Waals surface area (Å²) in [7, 11) is -21.6. The van der Waals surface area contributed by atoms with Crippen molar-refractivity contribution in [3.05, 3.63) is 33.9 Å². The van der Waals surface area contributed by atoms with Crippen LogP contribution in [0.3, 0.4) is 0 Å². The number of nitrogens with zero attached hydrogens (tertiary/aromatic N) is 1. The molecule has 0 spiro atoms. The summed E-state index contributed by atoms with van der Waals surface area (Å²) in [5.74, 6) is -1.48. The Balaban J connectivity index is -0.000000202. The number of carboxylic acid groups (broad SMARTS) is 1. The Bertz CT molecular complexity index is 800. The molecule has 0 amide bonds. The molecule has 1 aromatic rings. The van der Waals surface area contributed by atoms with Crippen molar-refractivity contribution < 1.29 is 75.0 Å². The SMILES string of the molecule is CS(=O)(=O)c1ccc(C(=O)O)c([N+](=O)[O-])c1.F[B-](F)(F)F.F[B-](F)(F)F.F[B-](F)(F)F.[LiH]. The summed E-state index contributed by atoms with van der Waals surface area (Å²) in [6.07, 6.45) is 0.881. The predicted octanol–water partition coefficient (Wildman–Crippen LogP) is 3.95. The van der Waals surface area contributed by atoms with Gasteiger partial charge in [0, 0.05) is 12.3 Å². The minimum atomic E-state index is -6.00. The molecule has 1 N–H and O–H groups in total. The number of hydrogen-bond acceptors (Lipinski definition) is 5. The van der Waals surface area contributed by atoms with Crippen LogP contribution in [-0.2, 0) is 9.84 Å². The summed E-state index contributed by atoms with van der Waals surface area (Å²) < 4.78 is 139. The fourth-order valence-corrected chi connectivity index (χ4v) is 1.71. The van der Waals surface area contributed by atoms with E-state index in [1.165, 1.54) is 0 Å². The van der Waals surface area contributed by atoms with Crippen LogP contribution in [0.5, 0.6) is 0 Å². The van der Waals surface area contributed by atoms with Gasteiger partial charge in [0.25, 0.3) is 5.69 Å². The van der Waals surface area contributed by atoms with Gasteiger partial charge in [-0.3, -0.25) is 10.1 Å². The molecule has 0 unspecified atom stereocenters. The molecule has 0 saturated carbocycles. The van der Waals surface area contributed by atoms with Crippen LogP contribution in [0.25, 0.3) is 0 Å². The van der Waals surface area contributed by atoms with Crippen molar-refractivity contribution in [2.75, 3.05) is 6.26 Å². The van der Waals surface area contributed by atoms with Crippen molar-refractivity contribution in [2.45, 2.75) is 4.90 Å². The molecule has 1 aromatic carbocycles. The second-order valence-corrected chi connectivity index (χ2v) is 6.51. The van der Waals surface area contributed by atoms with Gasteiger partial charge in [-0.15, -0.1) is 0 Å². The van der Waals surface area contributed by atoms with Gasteiger partial charge in [0.1, 0.15) is 5.56 Å². The van der Waals surface area contributed by atoms with Crippen LogP contribution in [0.2, 0.25) is 0 Å². The van der Waals surface area contributed by atoms with E-state index in [1.54, 1.807) is 0 Å². The zero-order valence-electron chi connectivity index (χ0n) is 14.3. The number of nitro groups is 1. The first-order valence-corrected chi connectivity index (χ1v) is 8.46. The third kappa shape index (κ3) is 32.7. The molecule has 0 bridgehead atoms. The number of rotatable bonds is 3. The molecule has 0 fully saturated rings. The molecule has 0 radical (unpaired) electrons. The van der Waals surface area contributed by atoms with Gasteiger partial charge >= 0.3 is 46.6 Å². The van der Waals surface area contributed by atoms with Gasteiger partial charge in [-0.25, -0.2) is 13.2 Å². The molecule has 0 aromatic heterocycles. The molecule has 0 aliphatic carbocycles. The number of carboxylic acids is 1. The van der Waals surface area contributed by atoms with Crippen LogP contribution >= 0.6 is 0 Å². The standard InChI is InChI=1S/C8H7NO6S.3BF4.Li.H/c1-16(14,15)5-2-3-6(8(10)11)7(4-5)9(12)13;3*2-1(3,4)5;;/h2-4H,1H3,(H,10,11);;;;;/q;3*-1;;. The van der Waals surface area contributed by atoms with E-state index in [0.29, 0.717) is 0 Å². The molecule has 0 aliphatic heterocycles. The van der Waals surface area contributed by atoms with Crippen LogP contribution < -0.4 is 0 Å². The number of aromatic carboxylic acids is 1. The third-order valence-electron chi connectivity index (χ3n) is 1.82. The van der Waals surface area contributed by atoms with Crippen LogP contribution in [0.1, 0.15) is 10.4 Å². The van der Waals surface area contributed by atoms with Crippen molar-refractivity contribution in [1.82, 2.24) is 0 Å². The molecule has 1 rings (SSSR count). The number of carbonyl (C=O) groups is 1. The Morgan fingerprint density at radius 2 is 1.16 bits per heavy atom. The van der Waals surface area contributed by atoms with Crippen molar-refractivity contribution in [1.29, 1.82) is 0 Å². The van der Waals surface area contributed by atoms with Gasteiger partial charge in [-0.05, 0) is 12.1 Å². The minimum absolute atomic E-state index is 0. The third-order valence-corrected chi connectivity index (χ3v) is 2.93. The van der Waals surface area contributed by atoms with Crippen molar-refractivity contribution >= 4 is 62.1 Å². The van der Waals surface area contributed by atoms with Gasteiger partial charge in [-0.1, -0.05) is 0 Å². The van der Waals surface area contributed by atoms with Crippen molar-refractivity contribution in [3.8, 4) is 0 Å². The predicted molar refractivity (Wildman–Crippen MR) is 90.9 cm³/mol. The molecule has 7 nitrogen and oxygen atoms in total. The van der Waals surface area contributed by atoms with Gasteiger partial charge in [-0.2, -0.15) is 0 Å². The Morgan fingerprint density at radius 3 is 1.34 bits per heavy atom. The Morgan fingerprint density at radius 1 is 0.875 bits per heavy atom. The van der Waals surface area contributed by atoms with Crippen LogP contribution in [0.15, 0.2) is 23.1 Å². The van der Waals surface area contributed by atoms with Gasteiger partial charge < -0.3 is 56.9 Å². The Hall–Kier alpha value is -2.01. The summed E-state index contributed by atoms with van der Waals surface area (Å²) in [6, 6.07) is 2.65. The van der Waals surface area contributed by atoms with E-state index in [0.717, 1.165) is 24.5 Å². The topological polar surface area (TPSA) is 115 Å². The van der Waals surface area contributed by atoms with Gasteiger partial charge in [0.2, 0.25) is 0 Å². The van der Waals surface area contributed by atoms with Crippen LogP contribution in [0, 0.1) is 10.1 Å². The first-order valence-electron chi connectivity index (χ1n) is 6.57. The first-order chi connectivity index (χ1) is 13.2. The van der Waals surface area contributed by atoms with E-state index in [1.807, 2.05) is 0 Å². The van der Waals surface area contributed by atoms with E-state index in [4.69, 9.17) is 5.11 Å². The molecule has 184 valence electrons. The van der Waals surface area contributed by atoms with Gasteiger partial charge in [0.05, 0.1) is 9.82 Å². The monoisotopic (exact) mass is 514 g/mol. The Labute approximate surface area is 182 Å². The summed E-state index contributed by atoms with van der Waals surface area (Å²) in [5.41, 5.74) is -1.28. The number of sulfone groups is 1. The molecule has 32 heavy (non-hydrogen) atoms. The average Bonchev–Trinajstić information content (AvgIpc) is 2.39. The van der Waals surface area contributed by atoms with E-state index < -0.39 is 53.7 Å². The van der Waals surface area contributed by atoms with E-state index in [9.17, 15) is 75.1 Å². The van der Waals surface area contributed by atoms with Gasteiger partial charge in [0.15, 0.2) is 9.84 Å². The zero-order chi connectivity index (χ0) is 26.0. The van der Waals surface area contributed by atoms with E-state index in [2.05, 4.69) is 0 Å². The molecule has 0 aliphatic rings. The summed E-state index contributed by atoms with van der Waals surface area (Å²) in [6.45, 7) is 0. The fraction of sp³-hybridized carbons (Fsp3) is 0.125. The first kappa shape index (κ1) is 37.3.